The Hall–Kier alpha value is -2.93. The summed E-state index contributed by atoms with van der Waals surface area (Å²) in [5, 5.41) is 0. The first-order chi connectivity index (χ1) is 13.9. The molecule has 1 heterocycles. The number of ketones is 1. The number of hydrogen-bond donors (Lipinski definition) is 0. The molecule has 0 radical (unpaired) electrons. The fourth-order valence-corrected chi connectivity index (χ4v) is 4.83. The van der Waals surface area contributed by atoms with E-state index in [2.05, 4.69) is 0 Å². The van der Waals surface area contributed by atoms with E-state index in [1.54, 1.807) is 55.5 Å². The lowest BCUT2D eigenvalue weighted by Crippen LogP contribution is -2.39. The Morgan fingerprint density at radius 3 is 2.28 bits per heavy atom. The summed E-state index contributed by atoms with van der Waals surface area (Å²) in [6.45, 7) is 3.70. The number of unbranched alkanes of at least 4 members (excludes halogenated alkanes) is 1. The molecular weight excluding hydrogens is 390 g/mol. The Balaban J connectivity index is 2.31. The van der Waals surface area contributed by atoms with Gasteiger partial charge in [-0.1, -0.05) is 62.7 Å². The van der Waals surface area contributed by atoms with E-state index in [1.807, 2.05) is 6.92 Å². The molecule has 152 valence electrons. The van der Waals surface area contributed by atoms with Crippen molar-refractivity contribution < 1.29 is 22.7 Å². The SMILES string of the molecule is CCCCN1C(C(=O)c2ccccc2)=C(OC(=O)CC)c2ccccc2S1(=O)=O. The summed E-state index contributed by atoms with van der Waals surface area (Å²) < 4.78 is 33.3. The fraction of sp³-hybridized carbons (Fsp3) is 0.273. The van der Waals surface area contributed by atoms with Gasteiger partial charge in [-0.15, -0.1) is 0 Å². The van der Waals surface area contributed by atoms with Gasteiger partial charge in [0.05, 0.1) is 4.90 Å². The molecule has 0 N–H and O–H groups in total. The first-order valence-electron chi connectivity index (χ1n) is 9.58. The molecule has 3 rings (SSSR count). The van der Waals surface area contributed by atoms with Crippen LogP contribution in [0, 0.1) is 0 Å². The monoisotopic (exact) mass is 413 g/mol. The second kappa shape index (κ2) is 8.61. The number of hydrogen-bond acceptors (Lipinski definition) is 5. The van der Waals surface area contributed by atoms with Crippen molar-refractivity contribution in [1.82, 2.24) is 4.31 Å². The third-order valence-electron chi connectivity index (χ3n) is 4.63. The molecule has 0 aromatic heterocycles. The molecule has 1 aliphatic heterocycles. The normalized spacial score (nSPS) is 15.0. The van der Waals surface area contributed by atoms with Crippen LogP contribution in [-0.2, 0) is 19.6 Å². The van der Waals surface area contributed by atoms with Crippen LogP contribution in [0.3, 0.4) is 0 Å². The molecule has 0 bridgehead atoms. The molecular formula is C22H23NO5S. The summed E-state index contributed by atoms with van der Waals surface area (Å²) in [6, 6.07) is 14.7. The van der Waals surface area contributed by atoms with Gasteiger partial charge >= 0.3 is 5.97 Å². The van der Waals surface area contributed by atoms with Crippen LogP contribution in [0.2, 0.25) is 0 Å². The van der Waals surface area contributed by atoms with E-state index < -0.39 is 21.8 Å². The van der Waals surface area contributed by atoms with Gasteiger partial charge in [0, 0.05) is 24.1 Å². The van der Waals surface area contributed by atoms with E-state index in [0.29, 0.717) is 12.0 Å². The molecule has 2 aromatic carbocycles. The zero-order valence-electron chi connectivity index (χ0n) is 16.4. The van der Waals surface area contributed by atoms with Crippen molar-refractivity contribution in [1.29, 1.82) is 0 Å². The number of sulfonamides is 1. The molecule has 0 saturated carbocycles. The van der Waals surface area contributed by atoms with Gasteiger partial charge in [-0.2, -0.15) is 0 Å². The average Bonchev–Trinajstić information content (AvgIpc) is 2.74. The van der Waals surface area contributed by atoms with E-state index in [1.165, 1.54) is 6.07 Å². The number of rotatable bonds is 7. The fourth-order valence-electron chi connectivity index (χ4n) is 3.12. The number of allylic oxidation sites excluding steroid dienone is 1. The zero-order valence-corrected chi connectivity index (χ0v) is 17.2. The van der Waals surface area contributed by atoms with Crippen molar-refractivity contribution >= 4 is 27.5 Å². The number of carbonyl (C=O) groups is 2. The second-order valence-corrected chi connectivity index (χ2v) is 8.46. The third-order valence-corrected chi connectivity index (χ3v) is 6.49. The average molecular weight is 413 g/mol. The summed E-state index contributed by atoms with van der Waals surface area (Å²) in [5.41, 5.74) is 0.426. The van der Waals surface area contributed by atoms with Crippen molar-refractivity contribution in [2.45, 2.75) is 38.0 Å². The van der Waals surface area contributed by atoms with Gasteiger partial charge in [0.2, 0.25) is 5.78 Å². The third kappa shape index (κ3) is 3.96. The quantitative estimate of drug-likeness (QED) is 0.506. The first kappa shape index (κ1) is 20.8. The van der Waals surface area contributed by atoms with Crippen LogP contribution in [0.4, 0.5) is 0 Å². The van der Waals surface area contributed by atoms with E-state index in [-0.39, 0.29) is 34.9 Å². The van der Waals surface area contributed by atoms with Crippen molar-refractivity contribution in [2.24, 2.45) is 0 Å². The highest BCUT2D eigenvalue weighted by Gasteiger charge is 2.41. The first-order valence-corrected chi connectivity index (χ1v) is 11.0. The molecule has 6 nitrogen and oxygen atoms in total. The maximum Gasteiger partial charge on any atom is 0.310 e. The molecule has 1 aliphatic rings. The molecule has 0 aliphatic carbocycles. The topological polar surface area (TPSA) is 80.8 Å². The molecule has 29 heavy (non-hydrogen) atoms. The largest absolute Gasteiger partial charge is 0.423 e. The lowest BCUT2D eigenvalue weighted by Gasteiger charge is -2.32. The van der Waals surface area contributed by atoms with Crippen LogP contribution in [-0.4, -0.2) is 31.0 Å². The van der Waals surface area contributed by atoms with Gasteiger partial charge in [-0.3, -0.25) is 13.9 Å². The predicted octanol–water partition coefficient (Wildman–Crippen LogP) is 4.00. The number of esters is 1. The van der Waals surface area contributed by atoms with Gasteiger partial charge in [0.1, 0.15) is 5.70 Å². The molecule has 0 unspecified atom stereocenters. The molecule has 0 fully saturated rings. The summed E-state index contributed by atoms with van der Waals surface area (Å²) in [5.74, 6) is -1.05. The molecule has 2 aromatic rings. The van der Waals surface area contributed by atoms with Gasteiger partial charge in [0.25, 0.3) is 10.0 Å². The van der Waals surface area contributed by atoms with Crippen molar-refractivity contribution in [3.8, 4) is 0 Å². The highest BCUT2D eigenvalue weighted by Crippen LogP contribution is 2.39. The Morgan fingerprint density at radius 1 is 0.966 bits per heavy atom. The van der Waals surface area contributed by atoms with Crippen LogP contribution in [0.1, 0.15) is 49.0 Å². The molecule has 0 saturated heterocycles. The minimum atomic E-state index is -3.97. The van der Waals surface area contributed by atoms with Crippen molar-refractivity contribution in [3.63, 3.8) is 0 Å². The maximum absolute atomic E-state index is 13.4. The summed E-state index contributed by atoms with van der Waals surface area (Å²) in [6.07, 6.45) is 1.40. The lowest BCUT2D eigenvalue weighted by atomic mass is 10.0. The zero-order chi connectivity index (χ0) is 21.0. The second-order valence-electron chi connectivity index (χ2n) is 6.63. The van der Waals surface area contributed by atoms with Crippen LogP contribution in [0.15, 0.2) is 65.2 Å². The van der Waals surface area contributed by atoms with E-state index in [4.69, 9.17) is 4.74 Å². The molecule has 0 spiro atoms. The van der Waals surface area contributed by atoms with Gasteiger partial charge in [-0.25, -0.2) is 8.42 Å². The molecule has 0 amide bonds. The Bertz CT molecular complexity index is 1060. The number of Topliss-reactive ketones (excluding diaryl/α,β-unsaturated/α-hetero) is 1. The van der Waals surface area contributed by atoms with Crippen LogP contribution >= 0.6 is 0 Å². The van der Waals surface area contributed by atoms with Crippen LogP contribution in [0.5, 0.6) is 0 Å². The standard InChI is InChI=1S/C22H23NO5S/c1-3-5-15-23-20(21(25)16-11-7-6-8-12-16)22(28-19(24)4-2)17-13-9-10-14-18(17)29(23,26)27/h6-14H,3-5,15H2,1-2H3. The van der Waals surface area contributed by atoms with Crippen LogP contribution in [0.25, 0.3) is 5.76 Å². The van der Waals surface area contributed by atoms with Crippen molar-refractivity contribution in [3.05, 3.63) is 71.4 Å². The van der Waals surface area contributed by atoms with Gasteiger partial charge < -0.3 is 4.74 Å². The highest BCUT2D eigenvalue weighted by molar-refractivity contribution is 7.89. The Kier molecular flexibility index (Phi) is 6.17. The summed E-state index contributed by atoms with van der Waals surface area (Å²) in [4.78, 5) is 25.6. The number of nitrogens with zero attached hydrogens (tertiary/aromatic N) is 1. The maximum atomic E-state index is 13.4. The van der Waals surface area contributed by atoms with E-state index in [9.17, 15) is 18.0 Å². The van der Waals surface area contributed by atoms with Gasteiger partial charge in [-0.05, 0) is 18.6 Å². The minimum absolute atomic E-state index is 0.00719. The summed E-state index contributed by atoms with van der Waals surface area (Å²) >= 11 is 0. The van der Waals surface area contributed by atoms with E-state index >= 15 is 0 Å². The number of ether oxygens (including phenoxy) is 1. The predicted molar refractivity (Wildman–Crippen MR) is 109 cm³/mol. The minimum Gasteiger partial charge on any atom is -0.423 e. The molecule has 0 atom stereocenters. The van der Waals surface area contributed by atoms with E-state index in [0.717, 1.165) is 10.7 Å². The smallest absolute Gasteiger partial charge is 0.310 e. The lowest BCUT2D eigenvalue weighted by molar-refractivity contribution is -0.136. The van der Waals surface area contributed by atoms with Crippen molar-refractivity contribution in [2.75, 3.05) is 6.54 Å². The highest BCUT2D eigenvalue weighted by atomic mass is 32.2. The Labute approximate surface area is 170 Å². The number of benzene rings is 2. The number of carbonyl (C=O) groups excluding carboxylic acids is 2. The molecule has 7 heteroatoms. The Morgan fingerprint density at radius 2 is 1.62 bits per heavy atom. The summed E-state index contributed by atoms with van der Waals surface area (Å²) in [7, 11) is -3.97. The van der Waals surface area contributed by atoms with Gasteiger partial charge in [0.15, 0.2) is 5.76 Å². The number of fused-ring (bicyclic) bond motifs is 1. The van der Waals surface area contributed by atoms with Crippen LogP contribution < -0.4 is 0 Å².